The fourth-order valence-corrected chi connectivity index (χ4v) is 3.66. The van der Waals surface area contributed by atoms with Crippen LogP contribution in [0.2, 0.25) is 0 Å². The summed E-state index contributed by atoms with van der Waals surface area (Å²) < 4.78 is 2.97. The average Bonchev–Trinajstić information content (AvgIpc) is 2.66. The van der Waals surface area contributed by atoms with E-state index >= 15 is 0 Å². The Bertz CT molecular complexity index is 1270. The topological polar surface area (TPSA) is 44.0 Å². The van der Waals surface area contributed by atoms with Gasteiger partial charge in [0.05, 0.1) is 23.1 Å². The summed E-state index contributed by atoms with van der Waals surface area (Å²) in [5.74, 6) is 0. The first kappa shape index (κ1) is 18.0. The van der Waals surface area contributed by atoms with Crippen LogP contribution in [0.4, 0.5) is 0 Å². The molecule has 3 aromatic carbocycles. The maximum absolute atomic E-state index is 13.4. The molecule has 1 aromatic heterocycles. The lowest BCUT2D eigenvalue weighted by molar-refractivity contribution is 0.714. The average molecular weight is 370 g/mol. The zero-order valence-corrected chi connectivity index (χ0v) is 16.3. The van der Waals surface area contributed by atoms with Gasteiger partial charge in [0.25, 0.3) is 5.56 Å². The first-order chi connectivity index (χ1) is 13.4. The number of para-hydroxylation sites is 1. The number of hydrogen-bond donors (Lipinski definition) is 0. The lowest BCUT2D eigenvalue weighted by Crippen LogP contribution is -2.39. The van der Waals surface area contributed by atoms with Crippen LogP contribution in [0.15, 0.2) is 76.3 Å². The number of rotatable bonds is 3. The second-order valence-corrected chi connectivity index (χ2v) is 7.36. The molecule has 0 amide bonds. The van der Waals surface area contributed by atoms with Gasteiger partial charge in [-0.25, -0.2) is 9.36 Å². The minimum Gasteiger partial charge on any atom is -0.288 e. The maximum Gasteiger partial charge on any atom is 0.336 e. The van der Waals surface area contributed by atoms with Crippen LogP contribution < -0.4 is 11.2 Å². The molecule has 0 unspecified atom stereocenters. The number of fused-ring (bicyclic) bond motifs is 1. The Morgan fingerprint density at radius 1 is 0.750 bits per heavy atom. The Morgan fingerprint density at radius 2 is 1.39 bits per heavy atom. The second-order valence-electron chi connectivity index (χ2n) is 7.36. The van der Waals surface area contributed by atoms with Crippen LogP contribution in [0, 0.1) is 20.8 Å². The summed E-state index contributed by atoms with van der Waals surface area (Å²) in [7, 11) is 0. The molecule has 0 aliphatic carbocycles. The summed E-state index contributed by atoms with van der Waals surface area (Å²) in [6, 6.07) is 21.2. The molecular weight excluding hydrogens is 348 g/mol. The Kier molecular flexibility index (Phi) is 4.47. The summed E-state index contributed by atoms with van der Waals surface area (Å²) in [5, 5.41) is 0.536. The van der Waals surface area contributed by atoms with Crippen LogP contribution in [0.5, 0.6) is 0 Å². The fraction of sp³-hybridized carbons (Fsp3) is 0.167. The zero-order valence-electron chi connectivity index (χ0n) is 16.3. The Balaban J connectivity index is 2.02. The summed E-state index contributed by atoms with van der Waals surface area (Å²) in [6.07, 6.45) is 0. The summed E-state index contributed by atoms with van der Waals surface area (Å²) >= 11 is 0. The normalized spacial score (nSPS) is 11.1. The van der Waals surface area contributed by atoms with E-state index in [4.69, 9.17) is 0 Å². The van der Waals surface area contributed by atoms with Gasteiger partial charge in [-0.2, -0.15) is 0 Å². The minimum atomic E-state index is -0.325. The zero-order chi connectivity index (χ0) is 19.8. The highest BCUT2D eigenvalue weighted by molar-refractivity contribution is 5.78. The molecule has 0 fully saturated rings. The first-order valence-electron chi connectivity index (χ1n) is 9.33. The molecule has 28 heavy (non-hydrogen) atoms. The van der Waals surface area contributed by atoms with E-state index in [2.05, 4.69) is 0 Å². The van der Waals surface area contributed by atoms with E-state index in [0.717, 1.165) is 16.7 Å². The van der Waals surface area contributed by atoms with Crippen LogP contribution in [0.1, 0.15) is 22.3 Å². The highest BCUT2D eigenvalue weighted by atomic mass is 16.2. The van der Waals surface area contributed by atoms with Crippen molar-refractivity contribution >= 4 is 10.9 Å². The van der Waals surface area contributed by atoms with Crippen LogP contribution in [0.3, 0.4) is 0 Å². The summed E-state index contributed by atoms with van der Waals surface area (Å²) in [5.41, 5.74) is 4.86. The monoisotopic (exact) mass is 370 g/mol. The van der Waals surface area contributed by atoms with Crippen molar-refractivity contribution in [2.24, 2.45) is 0 Å². The van der Waals surface area contributed by atoms with E-state index < -0.39 is 0 Å². The van der Waals surface area contributed by atoms with E-state index in [0.29, 0.717) is 23.1 Å². The molecule has 0 aliphatic rings. The molecule has 0 bridgehead atoms. The van der Waals surface area contributed by atoms with Gasteiger partial charge in [-0.15, -0.1) is 0 Å². The smallest absolute Gasteiger partial charge is 0.288 e. The van der Waals surface area contributed by atoms with Gasteiger partial charge in [0.1, 0.15) is 0 Å². The molecule has 4 heteroatoms. The standard InChI is InChI=1S/C24H22N2O2/c1-16-8-10-19(11-9-16)15-25-22-7-5-4-6-21(22)23(27)26(24(25)28)20-13-17(2)12-18(3)14-20/h4-14H,15H2,1-3H3. The van der Waals surface area contributed by atoms with Crippen molar-refractivity contribution in [3.63, 3.8) is 0 Å². The van der Waals surface area contributed by atoms with Gasteiger partial charge >= 0.3 is 5.69 Å². The summed E-state index contributed by atoms with van der Waals surface area (Å²) in [6.45, 7) is 6.37. The molecule has 4 aromatic rings. The maximum atomic E-state index is 13.4. The molecule has 4 rings (SSSR count). The quantitative estimate of drug-likeness (QED) is 0.544. The number of aromatic nitrogens is 2. The molecule has 140 valence electrons. The van der Waals surface area contributed by atoms with Gasteiger partial charge in [-0.05, 0) is 61.7 Å². The molecule has 0 saturated heterocycles. The van der Waals surface area contributed by atoms with Gasteiger partial charge < -0.3 is 0 Å². The van der Waals surface area contributed by atoms with Crippen molar-refractivity contribution in [3.05, 3.63) is 110 Å². The number of hydrogen-bond acceptors (Lipinski definition) is 2. The minimum absolute atomic E-state index is 0.286. The van der Waals surface area contributed by atoms with Crippen LogP contribution in [0.25, 0.3) is 16.6 Å². The third-order valence-electron chi connectivity index (χ3n) is 4.98. The highest BCUT2D eigenvalue weighted by Gasteiger charge is 2.15. The Labute approximate surface area is 163 Å². The molecule has 0 saturated carbocycles. The second kappa shape index (κ2) is 6.97. The lowest BCUT2D eigenvalue weighted by atomic mass is 10.1. The molecular formula is C24H22N2O2. The number of nitrogens with zero attached hydrogens (tertiary/aromatic N) is 2. The predicted molar refractivity (Wildman–Crippen MR) is 114 cm³/mol. The van der Waals surface area contributed by atoms with Crippen molar-refractivity contribution in [2.75, 3.05) is 0 Å². The molecule has 1 heterocycles. The van der Waals surface area contributed by atoms with Gasteiger partial charge in [-0.3, -0.25) is 9.36 Å². The van der Waals surface area contributed by atoms with Crippen molar-refractivity contribution < 1.29 is 0 Å². The van der Waals surface area contributed by atoms with Crippen molar-refractivity contribution in [1.82, 2.24) is 9.13 Å². The molecule has 0 N–H and O–H groups in total. The third-order valence-corrected chi connectivity index (χ3v) is 4.98. The van der Waals surface area contributed by atoms with Crippen molar-refractivity contribution in [3.8, 4) is 5.69 Å². The lowest BCUT2D eigenvalue weighted by Gasteiger charge is -2.15. The van der Waals surface area contributed by atoms with Gasteiger partial charge in [0, 0.05) is 0 Å². The van der Waals surface area contributed by atoms with Crippen molar-refractivity contribution in [2.45, 2.75) is 27.3 Å². The van der Waals surface area contributed by atoms with Gasteiger partial charge in [0.15, 0.2) is 0 Å². The fourth-order valence-electron chi connectivity index (χ4n) is 3.66. The SMILES string of the molecule is Cc1ccc(Cn2c(=O)n(-c3cc(C)cc(C)c3)c(=O)c3ccccc32)cc1. The molecule has 0 radical (unpaired) electrons. The molecule has 0 spiro atoms. The predicted octanol–water partition coefficient (Wildman–Crippen LogP) is 4.13. The Morgan fingerprint density at radius 3 is 2.07 bits per heavy atom. The van der Waals surface area contributed by atoms with E-state index in [1.807, 2.05) is 81.4 Å². The van der Waals surface area contributed by atoms with Crippen LogP contribution >= 0.6 is 0 Å². The molecule has 4 nitrogen and oxygen atoms in total. The first-order valence-corrected chi connectivity index (χ1v) is 9.33. The van der Waals surface area contributed by atoms with E-state index in [-0.39, 0.29) is 11.2 Å². The van der Waals surface area contributed by atoms with Crippen molar-refractivity contribution in [1.29, 1.82) is 0 Å². The third kappa shape index (κ3) is 3.18. The van der Waals surface area contributed by atoms with Crippen LogP contribution in [-0.4, -0.2) is 9.13 Å². The van der Waals surface area contributed by atoms with E-state index in [1.54, 1.807) is 10.6 Å². The van der Waals surface area contributed by atoms with Gasteiger partial charge in [-0.1, -0.05) is 48.0 Å². The highest BCUT2D eigenvalue weighted by Crippen LogP contribution is 2.15. The molecule has 0 atom stereocenters. The summed E-state index contributed by atoms with van der Waals surface area (Å²) in [4.78, 5) is 26.6. The molecule has 0 aliphatic heterocycles. The number of benzene rings is 3. The van der Waals surface area contributed by atoms with Gasteiger partial charge in [0.2, 0.25) is 0 Å². The Hall–Kier alpha value is -3.40. The number of aryl methyl sites for hydroxylation is 3. The van der Waals surface area contributed by atoms with Crippen LogP contribution in [-0.2, 0) is 6.54 Å². The van der Waals surface area contributed by atoms with E-state index in [9.17, 15) is 9.59 Å². The largest absolute Gasteiger partial charge is 0.336 e. The van der Waals surface area contributed by atoms with E-state index in [1.165, 1.54) is 10.1 Å².